The molecule has 0 aromatic rings. The van der Waals surface area contributed by atoms with E-state index < -0.39 is 0 Å². The average molecular weight is 377 g/mol. The summed E-state index contributed by atoms with van der Waals surface area (Å²) >= 11 is 5.96. The molecule has 0 bridgehead atoms. The Bertz CT molecular complexity index is 708. The Labute approximate surface area is 161 Å². The number of fused-ring (bicyclic) bond motifs is 5. The van der Waals surface area contributed by atoms with Gasteiger partial charge in [0.25, 0.3) is 0 Å². The zero-order chi connectivity index (χ0) is 18.7. The highest BCUT2D eigenvalue weighted by molar-refractivity contribution is 6.28. The number of halogens is 1. The summed E-state index contributed by atoms with van der Waals surface area (Å²) in [5.74, 6) is 1.72. The molecule has 142 valence electrons. The van der Waals surface area contributed by atoms with Crippen LogP contribution in [0.4, 0.5) is 0 Å². The zero-order valence-corrected chi connectivity index (χ0v) is 16.8. The van der Waals surface area contributed by atoms with E-state index in [-0.39, 0.29) is 28.7 Å². The van der Waals surface area contributed by atoms with Gasteiger partial charge in [-0.2, -0.15) is 0 Å². The molecule has 3 nitrogen and oxygen atoms in total. The van der Waals surface area contributed by atoms with Crippen molar-refractivity contribution in [3.05, 3.63) is 22.8 Å². The first-order valence-corrected chi connectivity index (χ1v) is 10.4. The summed E-state index contributed by atoms with van der Waals surface area (Å²) in [6.07, 6.45) is 9.34. The molecule has 3 saturated carbocycles. The molecule has 0 amide bonds. The number of rotatable bonds is 1. The Kier molecular flexibility index (Phi) is 4.38. The molecule has 0 heterocycles. The number of Topliss-reactive ketones (excluding diaryl/α,β-unsaturated/α-hetero) is 1. The largest absolute Gasteiger partial charge is 0.462 e. The quantitative estimate of drug-likeness (QED) is 0.359. The van der Waals surface area contributed by atoms with Crippen LogP contribution in [0.15, 0.2) is 22.8 Å². The lowest BCUT2D eigenvalue weighted by Gasteiger charge is -2.56. The van der Waals surface area contributed by atoms with Gasteiger partial charge < -0.3 is 4.74 Å². The number of ether oxygens (including phenoxy) is 1. The van der Waals surface area contributed by atoms with E-state index in [4.69, 9.17) is 16.3 Å². The topological polar surface area (TPSA) is 43.4 Å². The van der Waals surface area contributed by atoms with Gasteiger partial charge in [0.1, 0.15) is 6.10 Å². The van der Waals surface area contributed by atoms with Crippen LogP contribution in [0.25, 0.3) is 0 Å². The summed E-state index contributed by atoms with van der Waals surface area (Å²) in [7, 11) is 0. The maximum atomic E-state index is 12.9. The van der Waals surface area contributed by atoms with E-state index in [1.54, 1.807) is 0 Å². The van der Waals surface area contributed by atoms with Crippen LogP contribution in [-0.4, -0.2) is 17.9 Å². The standard InChI is InChI=1S/C22H29ClO3/c1-13(24)26-16-6-8-21(2)15(11-16)4-5-17-18(21)7-9-22(3)19(17)10-14(12-23)20(22)25/h4,12,16-19H,5-11H2,1-3H3/b14-12+/t16?,17-,18+,19+,21+,22+/m1/s1. The van der Waals surface area contributed by atoms with Crippen LogP contribution in [0.5, 0.6) is 0 Å². The molecule has 0 radical (unpaired) electrons. The van der Waals surface area contributed by atoms with Crippen molar-refractivity contribution in [3.63, 3.8) is 0 Å². The molecular formula is C22H29ClO3. The molecule has 0 aromatic heterocycles. The van der Waals surface area contributed by atoms with Crippen LogP contribution >= 0.6 is 11.6 Å². The fourth-order valence-electron chi connectivity index (χ4n) is 6.73. The Morgan fingerprint density at radius 3 is 2.62 bits per heavy atom. The van der Waals surface area contributed by atoms with Gasteiger partial charge in [0.2, 0.25) is 0 Å². The van der Waals surface area contributed by atoms with Crippen LogP contribution in [-0.2, 0) is 14.3 Å². The third-order valence-corrected chi connectivity index (χ3v) is 8.43. The minimum atomic E-state index is -0.224. The van der Waals surface area contributed by atoms with Crippen LogP contribution in [0.2, 0.25) is 0 Å². The maximum Gasteiger partial charge on any atom is 0.302 e. The molecule has 3 fully saturated rings. The summed E-state index contributed by atoms with van der Waals surface area (Å²) in [6.45, 7) is 6.08. The second-order valence-corrected chi connectivity index (χ2v) is 9.58. The SMILES string of the molecule is CC(=O)OC1CC[C@@]2(C)C(=CC[C@@H]3[C@@H]2CC[C@]2(C)C(=O)/C(=C/Cl)C[C@@H]32)C1. The first kappa shape index (κ1) is 18.3. The Hall–Kier alpha value is -1.09. The predicted octanol–water partition coefficient (Wildman–Crippen LogP) is 5.18. The van der Waals surface area contributed by atoms with Gasteiger partial charge in [0, 0.05) is 29.9 Å². The van der Waals surface area contributed by atoms with Crippen molar-refractivity contribution in [1.29, 1.82) is 0 Å². The highest BCUT2D eigenvalue weighted by Gasteiger charge is 2.59. The van der Waals surface area contributed by atoms with E-state index >= 15 is 0 Å². The number of esters is 1. The summed E-state index contributed by atoms with van der Waals surface area (Å²) in [6, 6.07) is 0. The van der Waals surface area contributed by atoms with Gasteiger partial charge in [-0.25, -0.2) is 0 Å². The molecule has 4 heteroatoms. The minimum Gasteiger partial charge on any atom is -0.462 e. The van der Waals surface area contributed by atoms with E-state index in [1.165, 1.54) is 18.0 Å². The summed E-state index contributed by atoms with van der Waals surface area (Å²) < 4.78 is 5.50. The van der Waals surface area contributed by atoms with Gasteiger partial charge in [0.05, 0.1) is 0 Å². The van der Waals surface area contributed by atoms with Gasteiger partial charge in [0.15, 0.2) is 5.78 Å². The molecule has 0 aromatic carbocycles. The molecule has 1 unspecified atom stereocenters. The van der Waals surface area contributed by atoms with Gasteiger partial charge in [-0.05, 0) is 61.7 Å². The minimum absolute atomic E-state index is 0.0380. The zero-order valence-electron chi connectivity index (χ0n) is 16.0. The Morgan fingerprint density at radius 2 is 1.92 bits per heavy atom. The van der Waals surface area contributed by atoms with Crippen LogP contribution in [0.3, 0.4) is 0 Å². The molecule has 4 aliphatic rings. The van der Waals surface area contributed by atoms with Crippen molar-refractivity contribution >= 4 is 23.4 Å². The number of hydrogen-bond acceptors (Lipinski definition) is 3. The average Bonchev–Trinajstić information content (AvgIpc) is 2.86. The lowest BCUT2D eigenvalue weighted by atomic mass is 9.48. The number of hydrogen-bond donors (Lipinski definition) is 0. The second-order valence-electron chi connectivity index (χ2n) is 9.36. The smallest absolute Gasteiger partial charge is 0.302 e. The fourth-order valence-corrected chi connectivity index (χ4v) is 6.92. The van der Waals surface area contributed by atoms with E-state index in [2.05, 4.69) is 19.9 Å². The molecule has 26 heavy (non-hydrogen) atoms. The summed E-state index contributed by atoms with van der Waals surface area (Å²) in [4.78, 5) is 24.2. The van der Waals surface area contributed by atoms with Crippen LogP contribution in [0.1, 0.15) is 65.7 Å². The molecular weight excluding hydrogens is 348 g/mol. The van der Waals surface area contributed by atoms with Crippen molar-refractivity contribution in [2.75, 3.05) is 0 Å². The van der Waals surface area contributed by atoms with Crippen molar-refractivity contribution in [2.24, 2.45) is 28.6 Å². The van der Waals surface area contributed by atoms with E-state index in [1.807, 2.05) is 0 Å². The van der Waals surface area contributed by atoms with E-state index in [9.17, 15) is 9.59 Å². The highest BCUT2D eigenvalue weighted by Crippen LogP contribution is 2.64. The molecule has 4 aliphatic carbocycles. The first-order chi connectivity index (χ1) is 12.3. The first-order valence-electron chi connectivity index (χ1n) is 10.0. The molecule has 0 saturated heterocycles. The van der Waals surface area contributed by atoms with Gasteiger partial charge in [-0.15, -0.1) is 0 Å². The van der Waals surface area contributed by atoms with Crippen molar-refractivity contribution in [3.8, 4) is 0 Å². The van der Waals surface area contributed by atoms with Crippen molar-refractivity contribution < 1.29 is 14.3 Å². The van der Waals surface area contributed by atoms with Crippen LogP contribution < -0.4 is 0 Å². The summed E-state index contributed by atoms with van der Waals surface area (Å²) in [5.41, 5.74) is 3.81. The normalized spacial score (nSPS) is 46.2. The predicted molar refractivity (Wildman–Crippen MR) is 102 cm³/mol. The van der Waals surface area contributed by atoms with Gasteiger partial charge in [-0.1, -0.05) is 37.1 Å². The number of carbonyl (C=O) groups excluding carboxylic acids is 2. The lowest BCUT2D eigenvalue weighted by Crippen LogP contribution is -2.50. The maximum absolute atomic E-state index is 12.9. The van der Waals surface area contributed by atoms with Crippen molar-refractivity contribution in [2.45, 2.75) is 71.8 Å². The Morgan fingerprint density at radius 1 is 1.19 bits per heavy atom. The molecule has 0 aliphatic heterocycles. The molecule has 4 rings (SSSR count). The van der Waals surface area contributed by atoms with Gasteiger partial charge in [-0.3, -0.25) is 9.59 Å². The lowest BCUT2D eigenvalue weighted by molar-refractivity contribution is -0.148. The second kappa shape index (κ2) is 6.22. The Balaban J connectivity index is 1.62. The van der Waals surface area contributed by atoms with E-state index in [0.29, 0.717) is 17.8 Å². The van der Waals surface area contributed by atoms with Crippen molar-refractivity contribution in [1.82, 2.24) is 0 Å². The van der Waals surface area contributed by atoms with Crippen LogP contribution in [0, 0.1) is 28.6 Å². The fraction of sp³-hybridized carbons (Fsp3) is 0.727. The number of carbonyl (C=O) groups is 2. The third-order valence-electron chi connectivity index (χ3n) is 8.16. The highest BCUT2D eigenvalue weighted by atomic mass is 35.5. The monoisotopic (exact) mass is 376 g/mol. The summed E-state index contributed by atoms with van der Waals surface area (Å²) in [5, 5.41) is 0. The van der Waals surface area contributed by atoms with E-state index in [0.717, 1.165) is 50.5 Å². The number of ketones is 1. The third kappa shape index (κ3) is 2.53. The number of allylic oxidation sites excluding steroid dienone is 2. The molecule has 0 spiro atoms. The van der Waals surface area contributed by atoms with Gasteiger partial charge >= 0.3 is 5.97 Å². The molecule has 6 atom stereocenters. The molecule has 0 N–H and O–H groups in total.